The largest absolute Gasteiger partial charge is 0.458 e. The number of methoxy groups -OCH3 is 4. The minimum atomic E-state index is -0.621. The first-order valence-corrected chi connectivity index (χ1v) is 37.6. The predicted octanol–water partition coefficient (Wildman–Crippen LogP) is 5.73. The van der Waals surface area contributed by atoms with Crippen molar-refractivity contribution in [1.29, 1.82) is 0 Å². The van der Waals surface area contributed by atoms with Gasteiger partial charge >= 0.3 is 12.1 Å². The molecule has 572 valence electrons. The molecule has 0 radical (unpaired) electrons. The normalized spacial score (nSPS) is 15.6. The molecule has 2 fully saturated rings. The van der Waals surface area contributed by atoms with Gasteiger partial charge in [0.05, 0.1) is 89.8 Å². The van der Waals surface area contributed by atoms with Gasteiger partial charge in [0.1, 0.15) is 24.1 Å². The van der Waals surface area contributed by atoms with Crippen molar-refractivity contribution in [2.75, 3.05) is 206 Å². The molecule has 2 aliphatic heterocycles. The van der Waals surface area contributed by atoms with Gasteiger partial charge in [0.15, 0.2) is 0 Å². The fourth-order valence-corrected chi connectivity index (χ4v) is 12.9. The fraction of sp³-hybridized carbons (Fsp3) is 0.786. The summed E-state index contributed by atoms with van der Waals surface area (Å²) in [5.41, 5.74) is 0.709. The van der Waals surface area contributed by atoms with Crippen molar-refractivity contribution >= 4 is 76.9 Å². The molecule has 0 saturated carbocycles. The van der Waals surface area contributed by atoms with Crippen LogP contribution in [0.5, 0.6) is 5.75 Å². The van der Waals surface area contributed by atoms with E-state index in [0.29, 0.717) is 174 Å². The summed E-state index contributed by atoms with van der Waals surface area (Å²) in [5.74, 6) is -0.375. The van der Waals surface area contributed by atoms with E-state index < -0.39 is 28.7 Å². The lowest BCUT2D eigenvalue weighted by Crippen LogP contribution is -2.36. The van der Waals surface area contributed by atoms with Crippen LogP contribution in [0, 0.1) is 0 Å². The van der Waals surface area contributed by atoms with Crippen LogP contribution in [-0.2, 0) is 90.5 Å². The number of benzene rings is 1. The molecule has 0 aliphatic carbocycles. The van der Waals surface area contributed by atoms with Gasteiger partial charge in [0, 0.05) is 134 Å². The van der Waals surface area contributed by atoms with Crippen LogP contribution in [0.3, 0.4) is 0 Å². The third kappa shape index (κ3) is 40.7. The van der Waals surface area contributed by atoms with Gasteiger partial charge in [-0.3, -0.25) is 48.2 Å². The van der Waals surface area contributed by atoms with E-state index in [1.54, 1.807) is 59.8 Å². The second-order valence-electron chi connectivity index (χ2n) is 24.8. The van der Waals surface area contributed by atoms with Crippen LogP contribution < -0.4 is 15.4 Å². The lowest BCUT2D eigenvalue weighted by molar-refractivity contribution is -0.147. The van der Waals surface area contributed by atoms with Crippen molar-refractivity contribution in [2.45, 2.75) is 151 Å². The van der Waals surface area contributed by atoms with Crippen LogP contribution in [-0.4, -0.2) is 307 Å². The molecule has 1 aromatic rings. The Morgan fingerprint density at radius 3 is 1.42 bits per heavy atom. The Morgan fingerprint density at radius 1 is 0.520 bits per heavy atom. The maximum Gasteiger partial charge on any atom is 0.414 e. The second-order valence-corrected chi connectivity index (χ2v) is 27.4. The van der Waals surface area contributed by atoms with Crippen LogP contribution in [0.25, 0.3) is 0 Å². The summed E-state index contributed by atoms with van der Waals surface area (Å²) < 4.78 is 65.8. The molecule has 0 spiro atoms. The highest BCUT2D eigenvalue weighted by molar-refractivity contribution is 8.00. The molecule has 5 unspecified atom stereocenters. The Morgan fingerprint density at radius 2 is 0.970 bits per heavy atom. The number of carbonyl (C=O) groups is 9. The van der Waals surface area contributed by atoms with Crippen LogP contribution in [0.4, 0.5) is 4.79 Å². The van der Waals surface area contributed by atoms with E-state index in [2.05, 4.69) is 10.6 Å². The molecule has 100 heavy (non-hydrogen) atoms. The molecule has 2 saturated heterocycles. The quantitative estimate of drug-likeness (QED) is 0.0447. The third-order valence-electron chi connectivity index (χ3n) is 16.1. The van der Waals surface area contributed by atoms with Gasteiger partial charge in [-0.15, -0.1) is 23.5 Å². The number of rotatable bonds is 63. The summed E-state index contributed by atoms with van der Waals surface area (Å²) >= 11 is 2.92. The summed E-state index contributed by atoms with van der Waals surface area (Å²) in [5, 5.41) is 4.69. The number of ether oxygens (including phenoxy) is 12. The Bertz CT molecular complexity index is 2350. The van der Waals surface area contributed by atoms with Gasteiger partial charge in [-0.25, -0.2) is 4.79 Å². The van der Waals surface area contributed by atoms with Crippen molar-refractivity contribution < 1.29 is 100.0 Å². The van der Waals surface area contributed by atoms with Crippen molar-refractivity contribution in [3.8, 4) is 5.75 Å². The number of thioether (sulfide) groups is 2. The SMILES string of the molecule is COCCOCC(COCCCNC(=O)CCN1C(=O)CC(SCCCCCCN(CCCCCCSC2CC(=O)N(CCC(=O)NCCCOCC(COCCOC)OCCOC)C2=O)C(=O)CCCC(OC(C)=O)c2ccc(OC(=O)N(C)CCCN(C)C)cc2)C1=O)OCCOC. The first kappa shape index (κ1) is 89.1. The predicted molar refractivity (Wildman–Crippen MR) is 380 cm³/mol. The first-order chi connectivity index (χ1) is 48.4. The van der Waals surface area contributed by atoms with Crippen LogP contribution in [0.1, 0.15) is 134 Å². The van der Waals surface area contributed by atoms with E-state index in [9.17, 15) is 43.2 Å². The molecule has 5 atom stereocenters. The minimum absolute atomic E-state index is 0.00546. The second kappa shape index (κ2) is 56.4. The smallest absolute Gasteiger partial charge is 0.414 e. The zero-order valence-electron chi connectivity index (χ0n) is 61.0. The van der Waals surface area contributed by atoms with Gasteiger partial charge < -0.3 is 82.2 Å². The number of carbonyl (C=O) groups excluding carboxylic acids is 9. The molecule has 2 aliphatic rings. The maximum absolute atomic E-state index is 14.0. The van der Waals surface area contributed by atoms with Crippen molar-refractivity contribution in [3.63, 3.8) is 0 Å². The number of esters is 1. The molecule has 28 nitrogen and oxygen atoms in total. The minimum Gasteiger partial charge on any atom is -0.458 e. The molecule has 2 N–H and O–H groups in total. The van der Waals surface area contributed by atoms with E-state index in [4.69, 9.17) is 56.8 Å². The molecule has 3 rings (SSSR count). The average molecular weight is 1460 g/mol. The monoisotopic (exact) mass is 1460 g/mol. The Kier molecular flexibility index (Phi) is 50.2. The van der Waals surface area contributed by atoms with Gasteiger partial charge in [0.2, 0.25) is 41.4 Å². The highest BCUT2D eigenvalue weighted by Crippen LogP contribution is 2.30. The molecule has 8 amide bonds. The van der Waals surface area contributed by atoms with E-state index in [-0.39, 0.29) is 98.8 Å². The Hall–Kier alpha value is -5.09. The van der Waals surface area contributed by atoms with Crippen molar-refractivity contribution in [3.05, 3.63) is 29.8 Å². The first-order valence-electron chi connectivity index (χ1n) is 35.5. The van der Waals surface area contributed by atoms with Crippen molar-refractivity contribution in [1.82, 2.24) is 35.1 Å². The average Bonchev–Trinajstić information content (AvgIpc) is 1.67. The van der Waals surface area contributed by atoms with Gasteiger partial charge in [-0.05, 0) is 108 Å². The van der Waals surface area contributed by atoms with Gasteiger partial charge in [-0.2, -0.15) is 0 Å². The molecule has 0 aromatic heterocycles. The van der Waals surface area contributed by atoms with E-state index in [0.717, 1.165) is 64.3 Å². The number of hydrogen-bond acceptors (Lipinski definition) is 24. The zero-order chi connectivity index (χ0) is 73.0. The standard InChI is InChI=1S/C70H119N7O21S2/c1-55(78)97-60(56-23-25-57(26-24-56)98-70(86)74(4)32-20-31-73(2)3)21-17-22-65(81)75(33-13-9-11-15-47-99-61-49-66(82)76(68(61)84)35-27-63(79)71-29-18-37-91-51-58(95-45-41-89-7)53-93-43-39-87-5)34-14-10-12-16-48-100-62-50-67(83)77(69(62)85)36-28-64(80)72-30-19-38-92-52-59(96-46-42-90-8)54-94-44-40-88-6/h23-26,58-62H,9-22,27-54H2,1-8H3,(H,71,79)(H,72,80). The Balaban J connectivity index is 1.44. The van der Waals surface area contributed by atoms with Crippen molar-refractivity contribution in [2.24, 2.45) is 0 Å². The number of hydrogen-bond donors (Lipinski definition) is 2. The van der Waals surface area contributed by atoms with E-state index in [1.165, 1.54) is 45.1 Å². The molecule has 30 heteroatoms. The summed E-state index contributed by atoms with van der Waals surface area (Å²) in [6, 6.07) is 6.85. The summed E-state index contributed by atoms with van der Waals surface area (Å²) in [7, 11) is 12.0. The number of amides is 8. The van der Waals surface area contributed by atoms with Crippen LogP contribution in [0.2, 0.25) is 0 Å². The van der Waals surface area contributed by atoms with E-state index >= 15 is 0 Å². The molecule has 0 bridgehead atoms. The summed E-state index contributed by atoms with van der Waals surface area (Å²) in [6.07, 6.45) is 8.12. The molecule has 2 heterocycles. The Labute approximate surface area is 602 Å². The maximum atomic E-state index is 14.0. The number of imide groups is 2. The highest BCUT2D eigenvalue weighted by Gasteiger charge is 2.40. The number of likely N-dealkylation sites (tertiary alicyclic amines) is 2. The van der Waals surface area contributed by atoms with Gasteiger partial charge in [0.25, 0.3) is 0 Å². The van der Waals surface area contributed by atoms with Crippen LogP contribution >= 0.6 is 23.5 Å². The third-order valence-corrected chi connectivity index (χ3v) is 18.7. The van der Waals surface area contributed by atoms with Crippen LogP contribution in [0.15, 0.2) is 24.3 Å². The molecular formula is C70H119N7O21S2. The molecule has 1 aromatic carbocycles. The lowest BCUT2D eigenvalue weighted by atomic mass is 10.0. The zero-order valence-corrected chi connectivity index (χ0v) is 62.7. The van der Waals surface area contributed by atoms with E-state index in [1.807, 2.05) is 23.9 Å². The fourth-order valence-electron chi connectivity index (χ4n) is 10.5. The lowest BCUT2D eigenvalue weighted by Gasteiger charge is -2.24. The summed E-state index contributed by atoms with van der Waals surface area (Å²) in [4.78, 5) is 125. The number of nitrogens with one attached hydrogen (secondary N) is 2. The number of unbranched alkanes of at least 4 members (excludes halogenated alkanes) is 6. The number of nitrogens with zero attached hydrogens (tertiary/aromatic N) is 5. The summed E-state index contributed by atoms with van der Waals surface area (Å²) in [6.45, 7) is 10.2. The topological polar surface area (TPSA) is 305 Å². The van der Waals surface area contributed by atoms with Gasteiger partial charge in [-0.1, -0.05) is 37.8 Å². The highest BCUT2D eigenvalue weighted by atomic mass is 32.2. The molecular weight excluding hydrogens is 1340 g/mol.